The molecule has 9 nitrogen and oxygen atoms in total. The van der Waals surface area contributed by atoms with E-state index in [-0.39, 0.29) is 23.1 Å². The highest BCUT2D eigenvalue weighted by Gasteiger charge is 2.30. The van der Waals surface area contributed by atoms with Crippen molar-refractivity contribution in [2.24, 2.45) is 0 Å². The minimum absolute atomic E-state index is 0.178. The number of anilines is 1. The Labute approximate surface area is 210 Å². The average molecular weight is 505 g/mol. The van der Waals surface area contributed by atoms with Crippen LogP contribution in [0.25, 0.3) is 16.5 Å². The van der Waals surface area contributed by atoms with E-state index in [4.69, 9.17) is 20.8 Å². The van der Waals surface area contributed by atoms with Gasteiger partial charge in [-0.25, -0.2) is 9.78 Å². The number of nitro groups is 1. The van der Waals surface area contributed by atoms with E-state index in [0.29, 0.717) is 36.5 Å². The summed E-state index contributed by atoms with van der Waals surface area (Å²) >= 11 is 5.99. The fourth-order valence-corrected chi connectivity index (χ4v) is 4.41. The number of ether oxygens (including phenoxy) is 1. The summed E-state index contributed by atoms with van der Waals surface area (Å²) in [7, 11) is 0. The second-order valence-corrected chi connectivity index (χ2v) is 8.68. The largest absolute Gasteiger partial charge is 0.433 e. The Hall–Kier alpha value is -4.24. The monoisotopic (exact) mass is 504 g/mol. The van der Waals surface area contributed by atoms with Crippen LogP contribution in [0, 0.1) is 10.1 Å². The first-order valence-corrected chi connectivity index (χ1v) is 11.7. The third kappa shape index (κ3) is 4.65. The normalized spacial score (nSPS) is 13.5. The lowest BCUT2D eigenvalue weighted by molar-refractivity contribution is -0.385. The highest BCUT2D eigenvalue weighted by molar-refractivity contribution is 6.30. The maximum absolute atomic E-state index is 12.1. The van der Waals surface area contributed by atoms with Gasteiger partial charge in [-0.1, -0.05) is 36.7 Å². The van der Waals surface area contributed by atoms with Gasteiger partial charge in [-0.2, -0.15) is 4.98 Å². The van der Waals surface area contributed by atoms with Crippen LogP contribution in [0.1, 0.15) is 24.5 Å². The van der Waals surface area contributed by atoms with Gasteiger partial charge in [-0.15, -0.1) is 0 Å². The summed E-state index contributed by atoms with van der Waals surface area (Å²) in [6.07, 6.45) is 4.61. The molecule has 1 aliphatic rings. The number of aryl methyl sites for hydroxylation is 1. The first kappa shape index (κ1) is 23.5. The molecule has 3 heterocycles. The molecule has 0 fully saturated rings. The van der Waals surface area contributed by atoms with E-state index in [1.807, 2.05) is 42.2 Å². The molecule has 0 amide bonds. The van der Waals surface area contributed by atoms with Crippen LogP contribution >= 0.6 is 11.6 Å². The second-order valence-electron chi connectivity index (χ2n) is 8.24. The summed E-state index contributed by atoms with van der Waals surface area (Å²) in [5.41, 5.74) is 2.59. The van der Waals surface area contributed by atoms with E-state index in [0.717, 1.165) is 22.1 Å². The van der Waals surface area contributed by atoms with Crippen LogP contribution in [-0.2, 0) is 6.42 Å². The minimum atomic E-state index is -0.542. The summed E-state index contributed by atoms with van der Waals surface area (Å²) in [6, 6.07) is 14.0. The van der Waals surface area contributed by atoms with Crippen molar-refractivity contribution < 1.29 is 14.1 Å². The predicted octanol–water partition coefficient (Wildman–Crippen LogP) is 5.79. The molecule has 10 heteroatoms. The van der Waals surface area contributed by atoms with Gasteiger partial charge < -0.3 is 14.1 Å². The summed E-state index contributed by atoms with van der Waals surface area (Å²) in [5, 5.41) is 13.5. The Morgan fingerprint density at radius 1 is 1.17 bits per heavy atom. The molecule has 36 heavy (non-hydrogen) atoms. The topological polar surface area (TPSA) is 112 Å². The van der Waals surface area contributed by atoms with Gasteiger partial charge in [-0.05, 0) is 53.8 Å². The smallest absolute Gasteiger partial charge is 0.373 e. The molecule has 0 N–H and O–H groups in total. The summed E-state index contributed by atoms with van der Waals surface area (Å²) < 4.78 is 11.1. The Balaban J connectivity index is 1.45. The van der Waals surface area contributed by atoms with Gasteiger partial charge in [0.1, 0.15) is 17.7 Å². The van der Waals surface area contributed by atoms with Crippen LogP contribution in [0.5, 0.6) is 11.6 Å². The second kappa shape index (κ2) is 9.79. The standard InChI is InChI=1S/C26H21ClN4O5/c1-2-16-13-23(32)36-22-14-20(7-8-21(16)22)35-26-24(31(33)34)25(28-15-29-26)30-11-9-18(10-12-30)17-3-5-19(27)6-4-17/h3-9,13-15H,2,10-12H2,1H3. The zero-order valence-electron chi connectivity index (χ0n) is 19.3. The van der Waals surface area contributed by atoms with E-state index in [1.54, 1.807) is 12.1 Å². The molecule has 0 bridgehead atoms. The molecule has 0 saturated heterocycles. The quantitative estimate of drug-likeness (QED) is 0.184. The van der Waals surface area contributed by atoms with Crippen LogP contribution in [0.15, 0.2) is 70.1 Å². The summed E-state index contributed by atoms with van der Waals surface area (Å²) in [6.45, 7) is 2.92. The molecule has 2 aromatic heterocycles. The first-order chi connectivity index (χ1) is 17.4. The number of fused-ring (bicyclic) bond motifs is 1. The van der Waals surface area contributed by atoms with Crippen molar-refractivity contribution in [3.8, 4) is 11.6 Å². The van der Waals surface area contributed by atoms with Crippen LogP contribution < -0.4 is 15.3 Å². The van der Waals surface area contributed by atoms with Crippen molar-refractivity contribution in [1.82, 2.24) is 9.97 Å². The fraction of sp³-hybridized carbons (Fsp3) is 0.192. The lowest BCUT2D eigenvalue weighted by atomic mass is 9.99. The summed E-state index contributed by atoms with van der Waals surface area (Å²) in [4.78, 5) is 33.5. The molecule has 1 aliphatic heterocycles. The van der Waals surface area contributed by atoms with Crippen molar-refractivity contribution in [1.29, 1.82) is 0 Å². The molecule has 0 spiro atoms. The van der Waals surface area contributed by atoms with Gasteiger partial charge >= 0.3 is 17.2 Å². The zero-order valence-corrected chi connectivity index (χ0v) is 20.1. The number of rotatable bonds is 6. The molecular weight excluding hydrogens is 484 g/mol. The number of halogens is 1. The lowest BCUT2D eigenvalue weighted by Gasteiger charge is -2.27. The van der Waals surface area contributed by atoms with Crippen molar-refractivity contribution in [3.63, 3.8) is 0 Å². The van der Waals surface area contributed by atoms with Gasteiger partial charge in [0, 0.05) is 35.6 Å². The first-order valence-electron chi connectivity index (χ1n) is 11.4. The predicted molar refractivity (Wildman–Crippen MR) is 137 cm³/mol. The van der Waals surface area contributed by atoms with Crippen molar-refractivity contribution >= 4 is 39.6 Å². The highest BCUT2D eigenvalue weighted by Crippen LogP contribution is 2.38. The molecule has 4 aromatic rings. The Morgan fingerprint density at radius 2 is 1.97 bits per heavy atom. The molecule has 5 rings (SSSR count). The highest BCUT2D eigenvalue weighted by atomic mass is 35.5. The minimum Gasteiger partial charge on any atom is -0.433 e. The van der Waals surface area contributed by atoms with Crippen LogP contribution in [0.4, 0.5) is 11.5 Å². The van der Waals surface area contributed by atoms with E-state index in [2.05, 4.69) is 9.97 Å². The molecule has 182 valence electrons. The number of benzene rings is 2. The molecule has 0 unspecified atom stereocenters. The van der Waals surface area contributed by atoms with E-state index in [1.165, 1.54) is 18.5 Å². The molecule has 0 saturated carbocycles. The number of aromatic nitrogens is 2. The van der Waals surface area contributed by atoms with Crippen LogP contribution in [-0.4, -0.2) is 28.0 Å². The maximum atomic E-state index is 12.1. The van der Waals surface area contributed by atoms with Crippen LogP contribution in [0.3, 0.4) is 0 Å². The van der Waals surface area contributed by atoms with E-state index >= 15 is 0 Å². The molecule has 0 aliphatic carbocycles. The Morgan fingerprint density at radius 3 is 2.67 bits per heavy atom. The Kier molecular flexibility index (Phi) is 6.39. The van der Waals surface area contributed by atoms with Gasteiger partial charge in [0.25, 0.3) is 0 Å². The number of hydrogen-bond acceptors (Lipinski definition) is 8. The van der Waals surface area contributed by atoms with Gasteiger partial charge in [-0.3, -0.25) is 10.1 Å². The fourth-order valence-electron chi connectivity index (χ4n) is 4.29. The zero-order chi connectivity index (χ0) is 25.2. The van der Waals surface area contributed by atoms with Crippen molar-refractivity contribution in [2.75, 3.05) is 18.0 Å². The maximum Gasteiger partial charge on any atom is 0.373 e. The SMILES string of the molecule is CCc1cc(=O)oc2cc(Oc3ncnc(N4CC=C(c5ccc(Cl)cc5)CC4)c3[N+](=O)[O-])ccc12. The van der Waals surface area contributed by atoms with Crippen molar-refractivity contribution in [2.45, 2.75) is 19.8 Å². The average Bonchev–Trinajstić information content (AvgIpc) is 2.88. The van der Waals surface area contributed by atoms with Gasteiger partial charge in [0.15, 0.2) is 0 Å². The third-order valence-corrected chi connectivity index (χ3v) is 6.32. The number of hydrogen-bond donors (Lipinski definition) is 0. The van der Waals surface area contributed by atoms with E-state index < -0.39 is 10.5 Å². The van der Waals surface area contributed by atoms with Crippen molar-refractivity contribution in [3.05, 3.63) is 97.6 Å². The third-order valence-electron chi connectivity index (χ3n) is 6.07. The molecule has 0 radical (unpaired) electrons. The number of nitrogens with zero attached hydrogens (tertiary/aromatic N) is 4. The van der Waals surface area contributed by atoms with E-state index in [9.17, 15) is 14.9 Å². The molecular formula is C26H21ClN4O5. The summed E-state index contributed by atoms with van der Waals surface area (Å²) in [5.74, 6) is 0.248. The lowest BCUT2D eigenvalue weighted by Crippen LogP contribution is -2.29. The Bertz CT molecular complexity index is 1550. The van der Waals surface area contributed by atoms with Crippen LogP contribution in [0.2, 0.25) is 5.02 Å². The van der Waals surface area contributed by atoms with Gasteiger partial charge in [0.2, 0.25) is 5.82 Å². The van der Waals surface area contributed by atoms with Gasteiger partial charge in [0.05, 0.1) is 4.92 Å². The molecule has 2 aromatic carbocycles. The molecule has 0 atom stereocenters.